The summed E-state index contributed by atoms with van der Waals surface area (Å²) in [5.74, 6) is -1.29. The molecule has 0 bridgehead atoms. The summed E-state index contributed by atoms with van der Waals surface area (Å²) in [4.78, 5) is 27.0. The minimum Gasteiger partial charge on any atom is -0.476 e. The fraction of sp³-hybridized carbons (Fsp3) is 0.222. The molecule has 0 aliphatic rings. The first-order valence-corrected chi connectivity index (χ1v) is 5.02. The Hall–Kier alpha value is -1.69. The highest BCUT2D eigenvalue weighted by Crippen LogP contribution is 2.20. The van der Waals surface area contributed by atoms with Gasteiger partial charge in [0.05, 0.1) is 0 Å². The number of carboxylic acid groups (broad SMARTS) is 1. The molecule has 1 rings (SSSR count). The zero-order chi connectivity index (χ0) is 11.4. The molecule has 0 aliphatic heterocycles. The molecule has 15 heavy (non-hydrogen) atoms. The highest BCUT2D eigenvalue weighted by Gasteiger charge is 2.16. The minimum atomic E-state index is -1.10. The summed E-state index contributed by atoms with van der Waals surface area (Å²) in [5, 5.41) is 10.4. The minimum absolute atomic E-state index is 0.0506. The van der Waals surface area contributed by atoms with Crippen LogP contribution in [0.15, 0.2) is 18.0 Å². The molecular weight excluding hydrogens is 216 g/mol. The third-order valence-electron chi connectivity index (χ3n) is 1.63. The number of amides is 1. The van der Waals surface area contributed by atoms with Crippen molar-refractivity contribution >= 4 is 28.3 Å². The maximum absolute atomic E-state index is 11.2. The lowest BCUT2D eigenvalue weighted by molar-refractivity contribution is -0.116. The average molecular weight is 226 g/mol. The number of hydrogen-bond donors (Lipinski definition) is 1. The smallest absolute Gasteiger partial charge is 0.355 e. The topological polar surface area (TPSA) is 70.5 Å². The average Bonchev–Trinajstić information content (AvgIpc) is 2.62. The molecule has 0 saturated carbocycles. The van der Waals surface area contributed by atoms with Crippen LogP contribution < -0.4 is 4.90 Å². The number of carbonyl (C=O) groups is 2. The van der Waals surface area contributed by atoms with E-state index >= 15 is 0 Å². The summed E-state index contributed by atoms with van der Waals surface area (Å²) in [6.45, 7) is 5.23. The van der Waals surface area contributed by atoms with Crippen molar-refractivity contribution in [3.63, 3.8) is 0 Å². The molecule has 0 aromatic carbocycles. The van der Waals surface area contributed by atoms with Crippen LogP contribution in [0, 0.1) is 0 Å². The predicted octanol–water partition coefficient (Wildman–Crippen LogP) is 1.38. The molecule has 1 aromatic heterocycles. The Morgan fingerprint density at radius 2 is 2.40 bits per heavy atom. The van der Waals surface area contributed by atoms with Crippen molar-refractivity contribution in [2.24, 2.45) is 0 Å². The van der Waals surface area contributed by atoms with E-state index < -0.39 is 5.97 Å². The molecule has 1 aromatic rings. The van der Waals surface area contributed by atoms with E-state index in [4.69, 9.17) is 5.11 Å². The van der Waals surface area contributed by atoms with Gasteiger partial charge in [-0.15, -0.1) is 17.9 Å². The predicted molar refractivity (Wildman–Crippen MR) is 57.3 cm³/mol. The number of nitrogens with zero attached hydrogens (tertiary/aromatic N) is 2. The molecule has 0 unspecified atom stereocenters. The van der Waals surface area contributed by atoms with Crippen LogP contribution in [0.2, 0.25) is 0 Å². The van der Waals surface area contributed by atoms with E-state index in [9.17, 15) is 9.59 Å². The number of hydrogen-bond acceptors (Lipinski definition) is 4. The van der Waals surface area contributed by atoms with Crippen molar-refractivity contribution in [1.82, 2.24) is 4.98 Å². The molecule has 0 saturated heterocycles. The summed E-state index contributed by atoms with van der Waals surface area (Å²) in [7, 11) is 0. The van der Waals surface area contributed by atoms with Gasteiger partial charge >= 0.3 is 5.97 Å². The number of thiazole rings is 1. The van der Waals surface area contributed by atoms with Crippen LogP contribution in [-0.2, 0) is 4.79 Å². The van der Waals surface area contributed by atoms with Gasteiger partial charge in [0.1, 0.15) is 0 Å². The zero-order valence-corrected chi connectivity index (χ0v) is 8.95. The van der Waals surface area contributed by atoms with E-state index in [1.165, 1.54) is 17.2 Å². The Bertz CT molecular complexity index is 400. The first-order chi connectivity index (χ1) is 7.06. The van der Waals surface area contributed by atoms with Crippen LogP contribution >= 0.6 is 11.3 Å². The molecule has 80 valence electrons. The highest BCUT2D eigenvalue weighted by atomic mass is 32.1. The number of aromatic nitrogens is 1. The summed E-state index contributed by atoms with van der Waals surface area (Å²) < 4.78 is 0. The van der Waals surface area contributed by atoms with Crippen LogP contribution in [0.25, 0.3) is 0 Å². The second-order valence-electron chi connectivity index (χ2n) is 2.74. The van der Waals surface area contributed by atoms with Gasteiger partial charge in [0.2, 0.25) is 5.91 Å². The van der Waals surface area contributed by atoms with Crippen molar-refractivity contribution in [3.05, 3.63) is 23.7 Å². The maximum atomic E-state index is 11.2. The van der Waals surface area contributed by atoms with Gasteiger partial charge in [-0.25, -0.2) is 9.78 Å². The maximum Gasteiger partial charge on any atom is 0.355 e. The molecular formula is C9H10N2O3S. The molecule has 0 aliphatic carbocycles. The molecule has 6 heteroatoms. The summed E-state index contributed by atoms with van der Waals surface area (Å²) in [6.07, 6.45) is 1.56. The lowest BCUT2D eigenvalue weighted by atomic mass is 10.5. The van der Waals surface area contributed by atoms with Crippen molar-refractivity contribution in [2.45, 2.75) is 6.92 Å². The molecule has 1 amide bonds. The molecule has 0 spiro atoms. The van der Waals surface area contributed by atoms with E-state index in [1.54, 1.807) is 6.08 Å². The largest absolute Gasteiger partial charge is 0.476 e. The molecule has 1 N–H and O–H groups in total. The number of aromatic carboxylic acids is 1. The monoisotopic (exact) mass is 226 g/mol. The highest BCUT2D eigenvalue weighted by molar-refractivity contribution is 7.14. The van der Waals surface area contributed by atoms with Gasteiger partial charge in [-0.1, -0.05) is 6.08 Å². The molecule has 1 heterocycles. The summed E-state index contributed by atoms with van der Waals surface area (Å²) >= 11 is 1.12. The Morgan fingerprint density at radius 1 is 1.73 bits per heavy atom. The third kappa shape index (κ3) is 2.63. The van der Waals surface area contributed by atoms with Crippen molar-refractivity contribution in [2.75, 3.05) is 11.4 Å². The van der Waals surface area contributed by atoms with Gasteiger partial charge in [0, 0.05) is 18.8 Å². The van der Waals surface area contributed by atoms with Gasteiger partial charge in [0.15, 0.2) is 10.8 Å². The SMILES string of the molecule is C=CCN(C(C)=O)c1nc(C(=O)O)cs1. The number of anilines is 1. The fourth-order valence-corrected chi connectivity index (χ4v) is 1.81. The Balaban J connectivity index is 2.96. The fourth-order valence-electron chi connectivity index (χ4n) is 0.957. The first kappa shape index (κ1) is 11.4. The number of carboxylic acids is 1. The van der Waals surface area contributed by atoms with Crippen LogP contribution in [0.4, 0.5) is 5.13 Å². The van der Waals surface area contributed by atoms with Crippen molar-refractivity contribution in [1.29, 1.82) is 0 Å². The van der Waals surface area contributed by atoms with Crippen LogP contribution in [0.5, 0.6) is 0 Å². The van der Waals surface area contributed by atoms with E-state index in [1.807, 2.05) is 0 Å². The molecule has 0 fully saturated rings. The zero-order valence-electron chi connectivity index (χ0n) is 8.14. The van der Waals surface area contributed by atoms with Gasteiger partial charge in [0.25, 0.3) is 0 Å². The van der Waals surface area contributed by atoms with E-state index in [2.05, 4.69) is 11.6 Å². The Kier molecular flexibility index (Phi) is 3.56. The first-order valence-electron chi connectivity index (χ1n) is 4.14. The number of carbonyl (C=O) groups excluding carboxylic acids is 1. The Morgan fingerprint density at radius 3 is 2.80 bits per heavy atom. The second kappa shape index (κ2) is 4.70. The van der Waals surface area contributed by atoms with Gasteiger partial charge in [-0.2, -0.15) is 0 Å². The standard InChI is InChI=1S/C9H10N2O3S/c1-3-4-11(6(2)12)9-10-7(5-15-9)8(13)14/h3,5H,1,4H2,2H3,(H,13,14). The lowest BCUT2D eigenvalue weighted by Gasteiger charge is -2.14. The quantitative estimate of drug-likeness (QED) is 0.787. The van der Waals surface area contributed by atoms with Gasteiger partial charge in [-0.05, 0) is 0 Å². The lowest BCUT2D eigenvalue weighted by Crippen LogP contribution is -2.28. The molecule has 0 atom stereocenters. The summed E-state index contributed by atoms with van der Waals surface area (Å²) in [5.41, 5.74) is -0.0506. The van der Waals surface area contributed by atoms with Crippen LogP contribution in [0.1, 0.15) is 17.4 Å². The van der Waals surface area contributed by atoms with E-state index in [0.29, 0.717) is 11.7 Å². The third-order valence-corrected chi connectivity index (χ3v) is 2.50. The van der Waals surface area contributed by atoms with Gasteiger partial charge < -0.3 is 5.11 Å². The normalized spacial score (nSPS) is 9.67. The molecule has 0 radical (unpaired) electrons. The summed E-state index contributed by atoms with van der Waals surface area (Å²) in [6, 6.07) is 0. The van der Waals surface area contributed by atoms with E-state index in [-0.39, 0.29) is 11.6 Å². The van der Waals surface area contributed by atoms with Gasteiger partial charge in [-0.3, -0.25) is 9.69 Å². The van der Waals surface area contributed by atoms with E-state index in [0.717, 1.165) is 11.3 Å². The number of rotatable bonds is 4. The molecule has 5 nitrogen and oxygen atoms in total. The van der Waals surface area contributed by atoms with Crippen LogP contribution in [0.3, 0.4) is 0 Å². The second-order valence-corrected chi connectivity index (χ2v) is 3.58. The van der Waals surface area contributed by atoms with Crippen LogP contribution in [-0.4, -0.2) is 28.5 Å². The van der Waals surface area contributed by atoms with Crippen molar-refractivity contribution in [3.8, 4) is 0 Å². The van der Waals surface area contributed by atoms with Crippen molar-refractivity contribution < 1.29 is 14.7 Å². The Labute approximate surface area is 90.7 Å².